The van der Waals surface area contributed by atoms with E-state index in [1.165, 1.54) is 29.7 Å². The Kier molecular flexibility index (Phi) is 7.94. The SMILES string of the molecule is CCCCCN(Cc1ccc(F)cc1)C(=O)Cc1csc(NC(=O)c2ccoc2C)n1. The number of unbranched alkanes of at least 4 members (excludes halogenated alkanes) is 2. The Morgan fingerprint density at radius 2 is 1.97 bits per heavy atom. The molecule has 0 saturated heterocycles. The number of nitrogens with zero attached hydrogens (tertiary/aromatic N) is 2. The number of nitrogens with one attached hydrogen (secondary N) is 1. The molecule has 0 saturated carbocycles. The van der Waals surface area contributed by atoms with Gasteiger partial charge in [0.05, 0.1) is 23.9 Å². The van der Waals surface area contributed by atoms with Crippen LogP contribution in [0.4, 0.5) is 9.52 Å². The molecular weight excluding hydrogens is 417 g/mol. The van der Waals surface area contributed by atoms with E-state index in [2.05, 4.69) is 17.2 Å². The molecule has 164 valence electrons. The number of rotatable bonds is 10. The summed E-state index contributed by atoms with van der Waals surface area (Å²) in [5.41, 5.74) is 1.94. The summed E-state index contributed by atoms with van der Waals surface area (Å²) in [5.74, 6) is -0.103. The number of aromatic nitrogens is 1. The molecule has 31 heavy (non-hydrogen) atoms. The van der Waals surface area contributed by atoms with Crippen LogP contribution in [0.5, 0.6) is 0 Å². The maximum Gasteiger partial charge on any atom is 0.260 e. The molecular formula is C23H26FN3O3S. The molecule has 3 rings (SSSR count). The molecule has 0 aliphatic carbocycles. The number of carbonyl (C=O) groups is 2. The highest BCUT2D eigenvalue weighted by Crippen LogP contribution is 2.19. The van der Waals surface area contributed by atoms with Crippen LogP contribution in [-0.4, -0.2) is 28.2 Å². The standard InChI is InChI=1S/C23H26FN3O3S/c1-3-4-5-11-27(14-17-6-8-18(24)9-7-17)21(28)13-19-15-31-23(25-19)26-22(29)20-10-12-30-16(20)2/h6-10,12,15H,3-5,11,13-14H2,1-2H3,(H,25,26,29). The Labute approximate surface area is 185 Å². The lowest BCUT2D eigenvalue weighted by molar-refractivity contribution is -0.131. The zero-order chi connectivity index (χ0) is 22.2. The van der Waals surface area contributed by atoms with Crippen molar-refractivity contribution in [2.75, 3.05) is 11.9 Å². The van der Waals surface area contributed by atoms with Crippen LogP contribution in [0.2, 0.25) is 0 Å². The van der Waals surface area contributed by atoms with E-state index in [0.717, 1.165) is 24.8 Å². The fourth-order valence-electron chi connectivity index (χ4n) is 3.15. The molecule has 0 bridgehead atoms. The first-order valence-electron chi connectivity index (χ1n) is 10.3. The fourth-order valence-corrected chi connectivity index (χ4v) is 3.86. The van der Waals surface area contributed by atoms with Crippen LogP contribution in [0.1, 0.15) is 53.6 Å². The lowest BCUT2D eigenvalue weighted by Crippen LogP contribution is -2.33. The quantitative estimate of drug-likeness (QED) is 0.437. The van der Waals surface area contributed by atoms with E-state index < -0.39 is 0 Å². The van der Waals surface area contributed by atoms with Gasteiger partial charge in [-0.3, -0.25) is 14.9 Å². The van der Waals surface area contributed by atoms with Crippen molar-refractivity contribution in [2.45, 2.75) is 46.1 Å². The molecule has 0 radical (unpaired) electrons. The minimum absolute atomic E-state index is 0.0470. The van der Waals surface area contributed by atoms with Crippen molar-refractivity contribution < 1.29 is 18.4 Å². The van der Waals surface area contributed by atoms with E-state index in [1.807, 2.05) is 0 Å². The van der Waals surface area contributed by atoms with Gasteiger partial charge in [-0.25, -0.2) is 9.37 Å². The molecule has 0 aliphatic rings. The third-order valence-electron chi connectivity index (χ3n) is 4.88. The molecule has 1 N–H and O–H groups in total. The van der Waals surface area contributed by atoms with E-state index in [4.69, 9.17) is 4.42 Å². The Morgan fingerprint density at radius 3 is 2.65 bits per heavy atom. The van der Waals surface area contributed by atoms with E-state index in [0.29, 0.717) is 35.2 Å². The van der Waals surface area contributed by atoms with Gasteiger partial charge < -0.3 is 9.32 Å². The minimum atomic E-state index is -0.296. The van der Waals surface area contributed by atoms with E-state index in [9.17, 15) is 14.0 Å². The van der Waals surface area contributed by atoms with Gasteiger partial charge >= 0.3 is 0 Å². The number of carbonyl (C=O) groups excluding carboxylic acids is 2. The maximum absolute atomic E-state index is 13.2. The first kappa shape index (κ1) is 22.7. The normalized spacial score (nSPS) is 10.8. The van der Waals surface area contributed by atoms with Gasteiger partial charge in [0.25, 0.3) is 5.91 Å². The summed E-state index contributed by atoms with van der Waals surface area (Å²) in [6.07, 6.45) is 4.61. The van der Waals surface area contributed by atoms with Crippen LogP contribution in [0, 0.1) is 12.7 Å². The summed E-state index contributed by atoms with van der Waals surface area (Å²) < 4.78 is 18.4. The number of furan rings is 1. The van der Waals surface area contributed by atoms with Crippen LogP contribution in [0.3, 0.4) is 0 Å². The average Bonchev–Trinajstić information content (AvgIpc) is 3.37. The predicted molar refractivity (Wildman–Crippen MR) is 119 cm³/mol. The van der Waals surface area contributed by atoms with Gasteiger partial charge in [0.2, 0.25) is 5.91 Å². The molecule has 2 heterocycles. The Balaban J connectivity index is 1.63. The molecule has 1 aromatic carbocycles. The average molecular weight is 444 g/mol. The van der Waals surface area contributed by atoms with Crippen LogP contribution in [0.25, 0.3) is 0 Å². The molecule has 0 atom stereocenters. The van der Waals surface area contributed by atoms with Gasteiger partial charge in [-0.2, -0.15) is 0 Å². The van der Waals surface area contributed by atoms with Crippen molar-refractivity contribution >= 4 is 28.3 Å². The molecule has 0 unspecified atom stereocenters. The van der Waals surface area contributed by atoms with Crippen molar-refractivity contribution in [1.82, 2.24) is 9.88 Å². The molecule has 8 heteroatoms. The highest BCUT2D eigenvalue weighted by atomic mass is 32.1. The van der Waals surface area contributed by atoms with Crippen LogP contribution in [-0.2, 0) is 17.8 Å². The van der Waals surface area contributed by atoms with Crippen molar-refractivity contribution in [3.8, 4) is 0 Å². The lowest BCUT2D eigenvalue weighted by atomic mass is 10.1. The largest absolute Gasteiger partial charge is 0.469 e. The molecule has 0 fully saturated rings. The first-order chi connectivity index (χ1) is 15.0. The predicted octanol–water partition coefficient (Wildman–Crippen LogP) is 5.20. The van der Waals surface area contributed by atoms with E-state index in [1.54, 1.807) is 35.4 Å². The summed E-state index contributed by atoms with van der Waals surface area (Å²) >= 11 is 1.28. The third-order valence-corrected chi connectivity index (χ3v) is 5.69. The van der Waals surface area contributed by atoms with Gasteiger partial charge in [0.1, 0.15) is 11.6 Å². The summed E-state index contributed by atoms with van der Waals surface area (Å²) in [4.78, 5) is 31.4. The second-order valence-corrected chi connectivity index (χ2v) is 8.17. The molecule has 2 amide bonds. The lowest BCUT2D eigenvalue weighted by Gasteiger charge is -2.22. The van der Waals surface area contributed by atoms with Crippen molar-refractivity contribution in [1.29, 1.82) is 0 Å². The Morgan fingerprint density at radius 1 is 1.19 bits per heavy atom. The van der Waals surface area contributed by atoms with Gasteiger partial charge in [0.15, 0.2) is 5.13 Å². The number of aryl methyl sites for hydroxylation is 1. The molecule has 3 aromatic rings. The van der Waals surface area contributed by atoms with Crippen LogP contribution >= 0.6 is 11.3 Å². The summed E-state index contributed by atoms with van der Waals surface area (Å²) in [5, 5.41) is 4.95. The van der Waals surface area contributed by atoms with Gasteiger partial charge in [-0.1, -0.05) is 31.9 Å². The number of thiazole rings is 1. The van der Waals surface area contributed by atoms with Gasteiger partial charge in [0, 0.05) is 18.5 Å². The van der Waals surface area contributed by atoms with E-state index in [-0.39, 0.29) is 24.1 Å². The number of hydrogen-bond acceptors (Lipinski definition) is 5. The van der Waals surface area contributed by atoms with Crippen molar-refractivity contribution in [3.63, 3.8) is 0 Å². The Bertz CT molecular complexity index is 1010. The number of hydrogen-bond donors (Lipinski definition) is 1. The molecule has 6 nitrogen and oxygen atoms in total. The third kappa shape index (κ3) is 6.49. The second kappa shape index (κ2) is 10.9. The van der Waals surface area contributed by atoms with Crippen LogP contribution < -0.4 is 5.32 Å². The number of halogens is 1. The molecule has 0 aliphatic heterocycles. The van der Waals surface area contributed by atoms with Gasteiger partial charge in [-0.05, 0) is 37.1 Å². The summed E-state index contributed by atoms with van der Waals surface area (Å²) in [7, 11) is 0. The van der Waals surface area contributed by atoms with Crippen LogP contribution in [0.15, 0.2) is 46.4 Å². The zero-order valence-corrected chi connectivity index (χ0v) is 18.5. The molecule has 2 aromatic heterocycles. The van der Waals surface area contributed by atoms with Crippen molar-refractivity contribution in [2.24, 2.45) is 0 Å². The number of benzene rings is 1. The van der Waals surface area contributed by atoms with Crippen molar-refractivity contribution in [3.05, 3.63) is 70.4 Å². The highest BCUT2D eigenvalue weighted by molar-refractivity contribution is 7.14. The zero-order valence-electron chi connectivity index (χ0n) is 17.7. The number of anilines is 1. The molecule has 0 spiro atoms. The minimum Gasteiger partial charge on any atom is -0.469 e. The van der Waals surface area contributed by atoms with E-state index >= 15 is 0 Å². The summed E-state index contributed by atoms with van der Waals surface area (Å²) in [6, 6.07) is 7.81. The number of amides is 2. The monoisotopic (exact) mass is 443 g/mol. The highest BCUT2D eigenvalue weighted by Gasteiger charge is 2.18. The van der Waals surface area contributed by atoms with Gasteiger partial charge in [-0.15, -0.1) is 11.3 Å². The Hall–Kier alpha value is -3.00. The maximum atomic E-state index is 13.2. The summed E-state index contributed by atoms with van der Waals surface area (Å²) in [6.45, 7) is 4.89. The topological polar surface area (TPSA) is 75.4 Å². The first-order valence-corrected chi connectivity index (χ1v) is 11.2. The smallest absolute Gasteiger partial charge is 0.260 e. The fraction of sp³-hybridized carbons (Fsp3) is 0.348. The second-order valence-electron chi connectivity index (χ2n) is 7.31.